The lowest BCUT2D eigenvalue weighted by molar-refractivity contribution is 0.102. The Hall–Kier alpha value is -2.76. The van der Waals surface area contributed by atoms with E-state index in [2.05, 4.69) is 15.6 Å². The van der Waals surface area contributed by atoms with Gasteiger partial charge in [0, 0.05) is 37.1 Å². The number of pyridine rings is 1. The molecule has 0 aliphatic heterocycles. The molecule has 0 atom stereocenters. The maximum Gasteiger partial charge on any atom is 0.257 e. The molecular formula is C15H17N3O3. The zero-order chi connectivity index (χ0) is 15.2. The normalized spacial score (nSPS) is 9.86. The van der Waals surface area contributed by atoms with Crippen molar-refractivity contribution in [3.05, 3.63) is 42.1 Å². The molecule has 6 heteroatoms. The molecule has 1 aromatic carbocycles. The molecule has 2 N–H and O–H groups in total. The van der Waals surface area contributed by atoms with Gasteiger partial charge in [-0.25, -0.2) is 4.98 Å². The minimum atomic E-state index is -0.250. The van der Waals surface area contributed by atoms with Crippen molar-refractivity contribution >= 4 is 17.4 Å². The Balaban J connectivity index is 2.18. The van der Waals surface area contributed by atoms with Gasteiger partial charge in [-0.2, -0.15) is 0 Å². The van der Waals surface area contributed by atoms with Gasteiger partial charge in [0.2, 0.25) is 0 Å². The van der Waals surface area contributed by atoms with Crippen LogP contribution in [0.3, 0.4) is 0 Å². The molecule has 0 radical (unpaired) electrons. The first kappa shape index (κ1) is 14.6. The van der Waals surface area contributed by atoms with Crippen LogP contribution in [0.15, 0.2) is 36.5 Å². The number of ether oxygens (including phenoxy) is 2. The predicted molar refractivity (Wildman–Crippen MR) is 81.3 cm³/mol. The van der Waals surface area contributed by atoms with Gasteiger partial charge in [-0.15, -0.1) is 0 Å². The van der Waals surface area contributed by atoms with Gasteiger partial charge in [-0.1, -0.05) is 0 Å². The van der Waals surface area contributed by atoms with Crippen LogP contribution in [0.1, 0.15) is 10.4 Å². The average molecular weight is 287 g/mol. The van der Waals surface area contributed by atoms with E-state index < -0.39 is 0 Å². The number of hydrogen-bond acceptors (Lipinski definition) is 5. The van der Waals surface area contributed by atoms with Crippen molar-refractivity contribution in [2.75, 3.05) is 31.9 Å². The molecule has 0 saturated carbocycles. The Morgan fingerprint density at radius 2 is 1.76 bits per heavy atom. The molecule has 0 spiro atoms. The summed E-state index contributed by atoms with van der Waals surface area (Å²) in [6.07, 6.45) is 1.51. The first-order valence-corrected chi connectivity index (χ1v) is 6.34. The molecule has 0 fully saturated rings. The van der Waals surface area contributed by atoms with Crippen LogP contribution in [-0.2, 0) is 0 Å². The van der Waals surface area contributed by atoms with Gasteiger partial charge in [0.1, 0.15) is 17.3 Å². The zero-order valence-electron chi connectivity index (χ0n) is 12.1. The van der Waals surface area contributed by atoms with Gasteiger partial charge < -0.3 is 20.1 Å². The molecule has 21 heavy (non-hydrogen) atoms. The fourth-order valence-electron chi connectivity index (χ4n) is 1.76. The lowest BCUT2D eigenvalue weighted by Crippen LogP contribution is -2.12. The van der Waals surface area contributed by atoms with E-state index in [4.69, 9.17) is 9.47 Å². The Morgan fingerprint density at radius 1 is 1.10 bits per heavy atom. The van der Waals surface area contributed by atoms with E-state index in [0.29, 0.717) is 28.6 Å². The smallest absolute Gasteiger partial charge is 0.257 e. The molecule has 1 aromatic heterocycles. The summed E-state index contributed by atoms with van der Waals surface area (Å²) in [6, 6.07) is 8.61. The van der Waals surface area contributed by atoms with E-state index in [1.165, 1.54) is 6.20 Å². The highest BCUT2D eigenvalue weighted by Gasteiger charge is 2.09. The summed E-state index contributed by atoms with van der Waals surface area (Å²) >= 11 is 0. The summed E-state index contributed by atoms with van der Waals surface area (Å²) in [7, 11) is 4.88. The number of anilines is 2. The van der Waals surface area contributed by atoms with Gasteiger partial charge in [0.05, 0.1) is 19.8 Å². The number of carbonyl (C=O) groups excluding carboxylic acids is 1. The quantitative estimate of drug-likeness (QED) is 0.883. The minimum Gasteiger partial charge on any atom is -0.497 e. The summed E-state index contributed by atoms with van der Waals surface area (Å²) < 4.78 is 10.3. The molecular weight excluding hydrogens is 270 g/mol. The van der Waals surface area contributed by atoms with Crippen LogP contribution in [0.2, 0.25) is 0 Å². The van der Waals surface area contributed by atoms with E-state index in [0.717, 1.165) is 0 Å². The number of rotatable bonds is 5. The molecule has 110 valence electrons. The number of carbonyl (C=O) groups is 1. The van der Waals surface area contributed by atoms with Gasteiger partial charge in [0.15, 0.2) is 0 Å². The molecule has 6 nitrogen and oxygen atoms in total. The Labute approximate surface area is 123 Å². The summed E-state index contributed by atoms with van der Waals surface area (Å²) in [5.74, 6) is 1.66. The van der Waals surface area contributed by atoms with E-state index in [1.54, 1.807) is 51.6 Å². The Kier molecular flexibility index (Phi) is 4.61. The minimum absolute atomic E-state index is 0.250. The Morgan fingerprint density at radius 3 is 2.24 bits per heavy atom. The molecule has 1 amide bonds. The van der Waals surface area contributed by atoms with Crippen LogP contribution in [0.4, 0.5) is 11.5 Å². The first-order chi connectivity index (χ1) is 10.2. The SMILES string of the molecule is CNc1ccc(C(=O)Nc2cc(OC)cc(OC)c2)cn1. The third kappa shape index (κ3) is 3.62. The molecule has 0 unspecified atom stereocenters. The lowest BCUT2D eigenvalue weighted by atomic mass is 10.2. The summed E-state index contributed by atoms with van der Waals surface area (Å²) in [4.78, 5) is 16.3. The van der Waals surface area contributed by atoms with Gasteiger partial charge in [0.25, 0.3) is 5.91 Å². The third-order valence-electron chi connectivity index (χ3n) is 2.89. The van der Waals surface area contributed by atoms with Crippen LogP contribution in [-0.4, -0.2) is 32.2 Å². The highest BCUT2D eigenvalue weighted by atomic mass is 16.5. The molecule has 2 aromatic rings. The van der Waals surface area contributed by atoms with Crippen LogP contribution in [0, 0.1) is 0 Å². The molecule has 2 rings (SSSR count). The predicted octanol–water partition coefficient (Wildman–Crippen LogP) is 2.39. The van der Waals surface area contributed by atoms with E-state index in [9.17, 15) is 4.79 Å². The zero-order valence-corrected chi connectivity index (χ0v) is 12.1. The van der Waals surface area contributed by atoms with Gasteiger partial charge in [-0.05, 0) is 12.1 Å². The van der Waals surface area contributed by atoms with E-state index >= 15 is 0 Å². The molecule has 0 aliphatic carbocycles. The second-order valence-corrected chi connectivity index (χ2v) is 4.24. The first-order valence-electron chi connectivity index (χ1n) is 6.34. The van der Waals surface area contributed by atoms with Crippen molar-refractivity contribution in [1.29, 1.82) is 0 Å². The second kappa shape index (κ2) is 6.60. The number of benzene rings is 1. The molecule has 0 saturated heterocycles. The number of hydrogen-bond donors (Lipinski definition) is 2. The summed E-state index contributed by atoms with van der Waals surface area (Å²) in [5, 5.41) is 5.68. The highest BCUT2D eigenvalue weighted by Crippen LogP contribution is 2.26. The number of aromatic nitrogens is 1. The van der Waals surface area contributed by atoms with E-state index in [1.807, 2.05) is 0 Å². The van der Waals surface area contributed by atoms with Crippen LogP contribution >= 0.6 is 0 Å². The van der Waals surface area contributed by atoms with Gasteiger partial charge in [-0.3, -0.25) is 4.79 Å². The van der Waals surface area contributed by atoms with Crippen molar-refractivity contribution in [3.63, 3.8) is 0 Å². The Bertz CT molecular complexity index is 604. The van der Waals surface area contributed by atoms with Crippen molar-refractivity contribution in [2.45, 2.75) is 0 Å². The topological polar surface area (TPSA) is 72.5 Å². The van der Waals surface area contributed by atoms with Crippen molar-refractivity contribution < 1.29 is 14.3 Å². The summed E-state index contributed by atoms with van der Waals surface area (Å²) in [6.45, 7) is 0. The molecule has 0 bridgehead atoms. The fraction of sp³-hybridized carbons (Fsp3) is 0.200. The highest BCUT2D eigenvalue weighted by molar-refractivity contribution is 6.04. The largest absolute Gasteiger partial charge is 0.497 e. The van der Waals surface area contributed by atoms with Gasteiger partial charge >= 0.3 is 0 Å². The number of methoxy groups -OCH3 is 2. The van der Waals surface area contributed by atoms with Crippen LogP contribution in [0.5, 0.6) is 11.5 Å². The third-order valence-corrected chi connectivity index (χ3v) is 2.89. The lowest BCUT2D eigenvalue weighted by Gasteiger charge is -2.10. The van der Waals surface area contributed by atoms with Crippen molar-refractivity contribution in [3.8, 4) is 11.5 Å². The standard InChI is InChI=1S/C15H17N3O3/c1-16-14-5-4-10(9-17-14)15(19)18-11-6-12(20-2)8-13(7-11)21-3/h4-9H,1-3H3,(H,16,17)(H,18,19). The number of nitrogens with one attached hydrogen (secondary N) is 2. The second-order valence-electron chi connectivity index (χ2n) is 4.24. The summed E-state index contributed by atoms with van der Waals surface area (Å²) in [5.41, 5.74) is 1.06. The van der Waals surface area contributed by atoms with Crippen molar-refractivity contribution in [1.82, 2.24) is 4.98 Å². The fourth-order valence-corrected chi connectivity index (χ4v) is 1.76. The van der Waals surface area contributed by atoms with Crippen LogP contribution in [0.25, 0.3) is 0 Å². The van der Waals surface area contributed by atoms with E-state index in [-0.39, 0.29) is 5.91 Å². The number of nitrogens with zero attached hydrogens (tertiary/aromatic N) is 1. The number of amides is 1. The maximum atomic E-state index is 12.2. The molecule has 0 aliphatic rings. The maximum absolute atomic E-state index is 12.2. The monoisotopic (exact) mass is 287 g/mol. The van der Waals surface area contributed by atoms with Crippen LogP contribution < -0.4 is 20.1 Å². The average Bonchev–Trinajstić information content (AvgIpc) is 2.54. The molecule has 1 heterocycles. The van der Waals surface area contributed by atoms with Crippen molar-refractivity contribution in [2.24, 2.45) is 0 Å².